The fraction of sp³-hybridized carbons (Fsp3) is 0.286. The molecule has 0 unspecified atom stereocenters. The Morgan fingerprint density at radius 2 is 2.25 bits per heavy atom. The molecule has 0 saturated carbocycles. The second-order valence-electron chi connectivity index (χ2n) is 4.35. The van der Waals surface area contributed by atoms with Crippen molar-refractivity contribution in [1.29, 1.82) is 0 Å². The minimum Gasteiger partial charge on any atom is -0.380 e. The Morgan fingerprint density at radius 3 is 2.95 bits per heavy atom. The number of nitrogens with two attached hydrogens (primary N) is 1. The van der Waals surface area contributed by atoms with Gasteiger partial charge in [-0.05, 0) is 13.0 Å². The van der Waals surface area contributed by atoms with Crippen LogP contribution in [0.15, 0.2) is 39.8 Å². The summed E-state index contributed by atoms with van der Waals surface area (Å²) in [5.74, 6) is 1.00. The van der Waals surface area contributed by atoms with Crippen molar-refractivity contribution in [1.82, 2.24) is 5.16 Å². The number of nitrogens with one attached hydrogen (secondary N) is 1. The van der Waals surface area contributed by atoms with Gasteiger partial charge in [0.1, 0.15) is 6.54 Å². The molecule has 6 heteroatoms. The summed E-state index contributed by atoms with van der Waals surface area (Å²) >= 11 is 0. The summed E-state index contributed by atoms with van der Waals surface area (Å²) in [6.07, 6.45) is 0. The number of rotatable bonds is 5. The Bertz CT molecular complexity index is 592. The van der Waals surface area contributed by atoms with E-state index >= 15 is 0 Å². The van der Waals surface area contributed by atoms with E-state index in [4.69, 9.17) is 15.0 Å². The highest BCUT2D eigenvalue weighted by Gasteiger charge is 2.03. The molecule has 1 heterocycles. The van der Waals surface area contributed by atoms with Gasteiger partial charge in [-0.15, -0.1) is 0 Å². The lowest BCUT2D eigenvalue weighted by Gasteiger charge is -2.10. The molecule has 106 valence electrons. The molecule has 1 aromatic carbocycles. The van der Waals surface area contributed by atoms with E-state index in [-0.39, 0.29) is 0 Å². The van der Waals surface area contributed by atoms with Crippen molar-refractivity contribution in [2.24, 2.45) is 10.7 Å². The maximum atomic E-state index is 5.86. The second kappa shape index (κ2) is 6.72. The molecule has 1 aromatic heterocycles. The molecule has 6 nitrogen and oxygen atoms in total. The smallest absolute Gasteiger partial charge is 0.193 e. The molecule has 0 amide bonds. The van der Waals surface area contributed by atoms with Gasteiger partial charge in [0.2, 0.25) is 0 Å². The van der Waals surface area contributed by atoms with Gasteiger partial charge in [0.15, 0.2) is 11.7 Å². The van der Waals surface area contributed by atoms with Crippen LogP contribution >= 0.6 is 0 Å². The van der Waals surface area contributed by atoms with E-state index in [1.165, 1.54) is 0 Å². The molecule has 0 spiro atoms. The fourth-order valence-electron chi connectivity index (χ4n) is 1.76. The molecule has 0 atom stereocenters. The summed E-state index contributed by atoms with van der Waals surface area (Å²) in [5.41, 5.74) is 8.58. The van der Waals surface area contributed by atoms with Crippen LogP contribution in [-0.2, 0) is 17.9 Å². The highest BCUT2D eigenvalue weighted by Crippen LogP contribution is 2.15. The van der Waals surface area contributed by atoms with Crippen molar-refractivity contribution in [2.75, 3.05) is 12.4 Å². The van der Waals surface area contributed by atoms with Crippen LogP contribution in [0.4, 0.5) is 5.69 Å². The molecule has 20 heavy (non-hydrogen) atoms. The van der Waals surface area contributed by atoms with Gasteiger partial charge >= 0.3 is 0 Å². The van der Waals surface area contributed by atoms with Crippen LogP contribution in [0, 0.1) is 6.92 Å². The molecule has 0 radical (unpaired) electrons. The monoisotopic (exact) mass is 274 g/mol. The topological polar surface area (TPSA) is 85.7 Å². The summed E-state index contributed by atoms with van der Waals surface area (Å²) in [5, 5.41) is 6.85. The number of aromatic nitrogens is 1. The maximum Gasteiger partial charge on any atom is 0.193 e. The number of benzene rings is 1. The van der Waals surface area contributed by atoms with Gasteiger partial charge in [0.05, 0.1) is 12.3 Å². The van der Waals surface area contributed by atoms with Crippen molar-refractivity contribution >= 4 is 11.6 Å². The summed E-state index contributed by atoms with van der Waals surface area (Å²) in [6, 6.07) is 9.60. The Hall–Kier alpha value is -2.34. The third kappa shape index (κ3) is 3.83. The van der Waals surface area contributed by atoms with E-state index < -0.39 is 0 Å². The molecule has 0 saturated heterocycles. The number of guanidine groups is 1. The third-order valence-electron chi connectivity index (χ3n) is 2.66. The van der Waals surface area contributed by atoms with Crippen LogP contribution < -0.4 is 11.1 Å². The molecule has 2 aromatic rings. The minimum atomic E-state index is 0.322. The zero-order valence-electron chi connectivity index (χ0n) is 11.6. The molecular formula is C14H18N4O2. The molecule has 3 N–H and O–H groups in total. The summed E-state index contributed by atoms with van der Waals surface area (Å²) in [6.45, 7) is 2.73. The van der Waals surface area contributed by atoms with Crippen LogP contribution in [0.5, 0.6) is 0 Å². The molecule has 2 rings (SSSR count). The number of aliphatic imine (C=N–C) groups is 1. The lowest BCUT2D eigenvalue weighted by Crippen LogP contribution is -2.23. The first-order valence-corrected chi connectivity index (χ1v) is 6.25. The number of hydrogen-bond acceptors (Lipinski definition) is 4. The highest BCUT2D eigenvalue weighted by atomic mass is 16.5. The van der Waals surface area contributed by atoms with Crippen molar-refractivity contribution in [2.45, 2.75) is 20.1 Å². The Labute approximate surface area is 117 Å². The molecule has 0 bridgehead atoms. The molecule has 0 fully saturated rings. The van der Waals surface area contributed by atoms with Crippen LogP contribution in [-0.4, -0.2) is 18.2 Å². The average Bonchev–Trinajstić information content (AvgIpc) is 2.85. The van der Waals surface area contributed by atoms with Gasteiger partial charge in [0.25, 0.3) is 0 Å². The quantitative estimate of drug-likeness (QED) is 0.644. The average molecular weight is 274 g/mol. The second-order valence-corrected chi connectivity index (χ2v) is 4.35. The Balaban J connectivity index is 2.01. The van der Waals surface area contributed by atoms with Gasteiger partial charge in [0, 0.05) is 24.4 Å². The molecule has 0 aliphatic heterocycles. The van der Waals surface area contributed by atoms with E-state index in [1.54, 1.807) is 7.11 Å². The van der Waals surface area contributed by atoms with Gasteiger partial charge in [-0.2, -0.15) is 0 Å². The number of ether oxygens (including phenoxy) is 1. The first-order chi connectivity index (χ1) is 9.69. The van der Waals surface area contributed by atoms with Gasteiger partial charge in [-0.1, -0.05) is 23.4 Å². The largest absolute Gasteiger partial charge is 0.380 e. The number of nitrogens with zero attached hydrogens (tertiary/aromatic N) is 2. The molecular weight excluding hydrogens is 256 g/mol. The van der Waals surface area contributed by atoms with Crippen LogP contribution in [0.1, 0.15) is 17.0 Å². The van der Waals surface area contributed by atoms with Crippen molar-refractivity contribution in [3.63, 3.8) is 0 Å². The highest BCUT2D eigenvalue weighted by molar-refractivity contribution is 5.92. The van der Waals surface area contributed by atoms with Gasteiger partial charge < -0.3 is 20.3 Å². The summed E-state index contributed by atoms with van der Waals surface area (Å²) in [4.78, 5) is 4.21. The number of aryl methyl sites for hydroxylation is 1. The van der Waals surface area contributed by atoms with Crippen LogP contribution in [0.3, 0.4) is 0 Å². The zero-order valence-corrected chi connectivity index (χ0v) is 11.6. The first-order valence-electron chi connectivity index (χ1n) is 6.25. The van der Waals surface area contributed by atoms with E-state index in [0.717, 1.165) is 16.9 Å². The Morgan fingerprint density at radius 1 is 1.45 bits per heavy atom. The van der Waals surface area contributed by atoms with E-state index in [1.807, 2.05) is 37.3 Å². The third-order valence-corrected chi connectivity index (χ3v) is 2.66. The summed E-state index contributed by atoms with van der Waals surface area (Å²) in [7, 11) is 1.65. The van der Waals surface area contributed by atoms with E-state index in [9.17, 15) is 0 Å². The lowest BCUT2D eigenvalue weighted by molar-refractivity contribution is 0.185. The Kier molecular flexibility index (Phi) is 4.73. The maximum absolute atomic E-state index is 5.86. The predicted octanol–water partition coefficient (Wildman–Crippen LogP) is 2.06. The van der Waals surface area contributed by atoms with E-state index in [2.05, 4.69) is 15.5 Å². The molecule has 0 aliphatic carbocycles. The zero-order chi connectivity index (χ0) is 14.4. The standard InChI is InChI=1S/C14H18N4O2/c1-10-7-12(20-18-10)8-16-14(15)17-13-6-4-3-5-11(13)9-19-2/h3-7H,8-9H2,1-2H3,(H3,15,16,17). The van der Waals surface area contributed by atoms with Gasteiger partial charge in [-0.3, -0.25) is 0 Å². The predicted molar refractivity (Wildman–Crippen MR) is 77.3 cm³/mol. The fourth-order valence-corrected chi connectivity index (χ4v) is 1.76. The SMILES string of the molecule is COCc1ccccc1NC(N)=NCc1cc(C)no1. The van der Waals surface area contributed by atoms with E-state index in [0.29, 0.717) is 24.9 Å². The normalized spacial score (nSPS) is 11.6. The summed E-state index contributed by atoms with van der Waals surface area (Å²) < 4.78 is 10.2. The number of methoxy groups -OCH3 is 1. The van der Waals surface area contributed by atoms with Crippen LogP contribution in [0.25, 0.3) is 0 Å². The van der Waals surface area contributed by atoms with Crippen molar-refractivity contribution in [3.05, 3.63) is 47.3 Å². The van der Waals surface area contributed by atoms with Crippen molar-refractivity contribution in [3.8, 4) is 0 Å². The lowest BCUT2D eigenvalue weighted by atomic mass is 10.2. The number of anilines is 1. The van der Waals surface area contributed by atoms with Crippen molar-refractivity contribution < 1.29 is 9.26 Å². The number of para-hydroxylation sites is 1. The molecule has 0 aliphatic rings. The number of hydrogen-bond donors (Lipinski definition) is 2. The minimum absolute atomic E-state index is 0.322. The van der Waals surface area contributed by atoms with Gasteiger partial charge in [-0.25, -0.2) is 4.99 Å². The first kappa shape index (κ1) is 14.1. The van der Waals surface area contributed by atoms with Crippen LogP contribution in [0.2, 0.25) is 0 Å².